The van der Waals surface area contributed by atoms with Crippen molar-refractivity contribution in [2.75, 3.05) is 38.2 Å². The quantitative estimate of drug-likeness (QED) is 0.479. The Balaban J connectivity index is 1.64. The number of sulfonamides is 1. The Labute approximate surface area is 183 Å². The average molecular weight is 445 g/mol. The van der Waals surface area contributed by atoms with Crippen LogP contribution in [0.1, 0.15) is 35.2 Å². The lowest BCUT2D eigenvalue weighted by molar-refractivity contribution is 0.0955. The Morgan fingerprint density at radius 3 is 2.55 bits per heavy atom. The van der Waals surface area contributed by atoms with Gasteiger partial charge in [0.2, 0.25) is 10.0 Å². The van der Waals surface area contributed by atoms with Crippen LogP contribution < -0.4 is 10.3 Å². The van der Waals surface area contributed by atoms with E-state index in [0.717, 1.165) is 30.5 Å². The fourth-order valence-corrected chi connectivity index (χ4v) is 4.94. The van der Waals surface area contributed by atoms with Crippen LogP contribution in [0.4, 0.5) is 5.69 Å². The minimum Gasteiger partial charge on any atom is -0.395 e. The van der Waals surface area contributed by atoms with Crippen molar-refractivity contribution in [2.45, 2.75) is 24.2 Å². The van der Waals surface area contributed by atoms with Crippen LogP contribution in [0.3, 0.4) is 0 Å². The zero-order valence-corrected chi connectivity index (χ0v) is 18.4. The molecular weight excluding hydrogens is 416 g/mol. The Bertz CT molecular complexity index is 1020. The molecule has 0 spiro atoms. The summed E-state index contributed by atoms with van der Waals surface area (Å²) in [4.78, 5) is 14.5. The van der Waals surface area contributed by atoms with E-state index in [0.29, 0.717) is 19.6 Å². The number of likely N-dealkylation sites (N-methyl/N-ethyl adjacent to an activating group) is 1. The molecule has 1 aliphatic rings. The van der Waals surface area contributed by atoms with E-state index in [1.807, 2.05) is 36.2 Å². The molecule has 8 nitrogen and oxygen atoms in total. The second kappa shape index (κ2) is 10.5. The number of carbonyl (C=O) groups is 1. The highest BCUT2D eigenvalue weighted by Crippen LogP contribution is 2.21. The topological polar surface area (TPSA) is 102 Å². The summed E-state index contributed by atoms with van der Waals surface area (Å²) in [5.74, 6) is -0.480. The highest BCUT2D eigenvalue weighted by atomic mass is 32.2. The first-order valence-corrected chi connectivity index (χ1v) is 11.7. The molecule has 31 heavy (non-hydrogen) atoms. The number of benzene rings is 2. The number of nitrogens with zero attached hydrogens (tertiary/aromatic N) is 3. The lowest BCUT2D eigenvalue weighted by atomic mass is 10.2. The molecule has 1 aliphatic heterocycles. The lowest BCUT2D eigenvalue weighted by Crippen LogP contribution is -2.35. The molecule has 0 aromatic heterocycles. The Kier molecular flexibility index (Phi) is 7.78. The first kappa shape index (κ1) is 22.9. The molecule has 3 rings (SSSR count). The maximum Gasteiger partial charge on any atom is 0.271 e. The summed E-state index contributed by atoms with van der Waals surface area (Å²) in [6.07, 6.45) is 4.26. The van der Waals surface area contributed by atoms with E-state index in [1.165, 1.54) is 22.7 Å². The zero-order valence-electron chi connectivity index (χ0n) is 17.6. The Morgan fingerprint density at radius 1 is 1.16 bits per heavy atom. The van der Waals surface area contributed by atoms with Gasteiger partial charge in [0, 0.05) is 37.9 Å². The minimum atomic E-state index is -3.60. The van der Waals surface area contributed by atoms with Crippen LogP contribution in [0.15, 0.2) is 58.5 Å². The van der Waals surface area contributed by atoms with Gasteiger partial charge < -0.3 is 10.0 Å². The van der Waals surface area contributed by atoms with Crippen LogP contribution in [0.25, 0.3) is 0 Å². The van der Waals surface area contributed by atoms with Gasteiger partial charge in [0.05, 0.1) is 17.7 Å². The third-order valence-corrected chi connectivity index (χ3v) is 7.09. The summed E-state index contributed by atoms with van der Waals surface area (Å²) in [6, 6.07) is 13.5. The number of aliphatic hydroxyl groups excluding tert-OH is 1. The third kappa shape index (κ3) is 5.90. The van der Waals surface area contributed by atoms with Gasteiger partial charge in [-0.25, -0.2) is 13.8 Å². The van der Waals surface area contributed by atoms with Crippen LogP contribution in [0, 0.1) is 0 Å². The zero-order chi connectivity index (χ0) is 22.3. The van der Waals surface area contributed by atoms with Gasteiger partial charge in [-0.05, 0) is 48.7 Å². The minimum absolute atomic E-state index is 0.0757. The van der Waals surface area contributed by atoms with Gasteiger partial charge in [0.1, 0.15) is 0 Å². The van der Waals surface area contributed by atoms with Crippen LogP contribution >= 0.6 is 0 Å². The molecule has 1 fully saturated rings. The summed E-state index contributed by atoms with van der Waals surface area (Å²) in [5.41, 5.74) is 4.43. The molecule has 2 N–H and O–H groups in total. The van der Waals surface area contributed by atoms with E-state index in [4.69, 9.17) is 5.11 Å². The lowest BCUT2D eigenvalue weighted by Gasteiger charge is -2.25. The summed E-state index contributed by atoms with van der Waals surface area (Å²) >= 11 is 0. The second-order valence-electron chi connectivity index (χ2n) is 7.43. The van der Waals surface area contributed by atoms with Crippen molar-refractivity contribution in [1.82, 2.24) is 9.73 Å². The molecule has 166 valence electrons. The van der Waals surface area contributed by atoms with Crippen molar-refractivity contribution >= 4 is 27.8 Å². The van der Waals surface area contributed by atoms with Crippen LogP contribution in [-0.2, 0) is 10.0 Å². The number of amides is 1. The first-order valence-electron chi connectivity index (χ1n) is 10.3. The first-order chi connectivity index (χ1) is 14.9. The van der Waals surface area contributed by atoms with E-state index in [2.05, 4.69) is 10.5 Å². The molecule has 1 amide bonds. The fraction of sp³-hybridized carbons (Fsp3) is 0.364. The van der Waals surface area contributed by atoms with Gasteiger partial charge in [-0.1, -0.05) is 24.6 Å². The van der Waals surface area contributed by atoms with E-state index in [-0.39, 0.29) is 17.1 Å². The maximum atomic E-state index is 12.8. The number of piperidine rings is 1. The van der Waals surface area contributed by atoms with Gasteiger partial charge in [-0.2, -0.15) is 9.41 Å². The summed E-state index contributed by atoms with van der Waals surface area (Å²) in [5, 5.41) is 13.0. The SMILES string of the molecule is CN(CCO)c1ccc(/C=N/NC(=O)c2cccc(S(=O)(=O)N3CCCCC3)c2)cc1. The van der Waals surface area contributed by atoms with Crippen molar-refractivity contribution < 1.29 is 18.3 Å². The molecule has 9 heteroatoms. The van der Waals surface area contributed by atoms with Crippen molar-refractivity contribution in [3.05, 3.63) is 59.7 Å². The van der Waals surface area contributed by atoms with Crippen LogP contribution in [-0.4, -0.2) is 63.2 Å². The number of hydrazone groups is 1. The molecule has 0 aliphatic carbocycles. The number of nitrogens with one attached hydrogen (secondary N) is 1. The Hall–Kier alpha value is -2.75. The molecule has 0 radical (unpaired) electrons. The molecule has 2 aromatic carbocycles. The smallest absolute Gasteiger partial charge is 0.271 e. The maximum absolute atomic E-state index is 12.8. The van der Waals surface area contributed by atoms with Crippen molar-refractivity contribution in [3.63, 3.8) is 0 Å². The van der Waals surface area contributed by atoms with E-state index < -0.39 is 15.9 Å². The van der Waals surface area contributed by atoms with Gasteiger partial charge >= 0.3 is 0 Å². The number of hydrogen-bond acceptors (Lipinski definition) is 6. The van der Waals surface area contributed by atoms with E-state index in [1.54, 1.807) is 12.1 Å². The number of rotatable bonds is 8. The normalized spacial score (nSPS) is 15.2. The van der Waals surface area contributed by atoms with Crippen molar-refractivity contribution in [1.29, 1.82) is 0 Å². The molecule has 2 aromatic rings. The number of aliphatic hydroxyl groups is 1. The number of carbonyl (C=O) groups excluding carboxylic acids is 1. The predicted molar refractivity (Wildman–Crippen MR) is 121 cm³/mol. The summed E-state index contributed by atoms with van der Waals surface area (Å²) in [7, 11) is -1.71. The summed E-state index contributed by atoms with van der Waals surface area (Å²) in [6.45, 7) is 1.64. The molecule has 1 heterocycles. The molecular formula is C22H28N4O4S. The van der Waals surface area contributed by atoms with Gasteiger partial charge in [-0.3, -0.25) is 4.79 Å². The van der Waals surface area contributed by atoms with Gasteiger partial charge in [-0.15, -0.1) is 0 Å². The van der Waals surface area contributed by atoms with Gasteiger partial charge in [0.15, 0.2) is 0 Å². The molecule has 0 saturated carbocycles. The van der Waals surface area contributed by atoms with E-state index >= 15 is 0 Å². The largest absolute Gasteiger partial charge is 0.395 e. The Morgan fingerprint density at radius 2 is 1.87 bits per heavy atom. The second-order valence-corrected chi connectivity index (χ2v) is 9.37. The number of hydrogen-bond donors (Lipinski definition) is 2. The number of anilines is 1. The highest BCUT2D eigenvalue weighted by Gasteiger charge is 2.26. The predicted octanol–water partition coefficient (Wildman–Crippen LogP) is 2.05. The van der Waals surface area contributed by atoms with Crippen LogP contribution in [0.2, 0.25) is 0 Å². The third-order valence-electron chi connectivity index (χ3n) is 5.20. The van der Waals surface area contributed by atoms with Gasteiger partial charge in [0.25, 0.3) is 5.91 Å². The standard InChI is InChI=1S/C22H28N4O4S/c1-25(14-15-27)20-10-8-18(9-11-20)17-23-24-22(28)19-6-5-7-21(16-19)31(29,30)26-12-3-2-4-13-26/h5-11,16-17,27H,2-4,12-15H2,1H3,(H,24,28)/b23-17+. The summed E-state index contributed by atoms with van der Waals surface area (Å²) < 4.78 is 27.1. The molecule has 0 bridgehead atoms. The van der Waals surface area contributed by atoms with Crippen LogP contribution in [0.5, 0.6) is 0 Å². The molecule has 1 saturated heterocycles. The molecule has 0 unspecified atom stereocenters. The highest BCUT2D eigenvalue weighted by molar-refractivity contribution is 7.89. The average Bonchev–Trinajstić information content (AvgIpc) is 2.80. The fourth-order valence-electron chi connectivity index (χ4n) is 3.38. The molecule has 0 atom stereocenters. The monoisotopic (exact) mass is 444 g/mol. The van der Waals surface area contributed by atoms with E-state index in [9.17, 15) is 13.2 Å². The van der Waals surface area contributed by atoms with Crippen molar-refractivity contribution in [2.24, 2.45) is 5.10 Å². The van der Waals surface area contributed by atoms with Crippen molar-refractivity contribution in [3.8, 4) is 0 Å².